The molecule has 0 fully saturated rings. The largest absolute Gasteiger partial charge is 0.311 e. The minimum absolute atomic E-state index is 0.866. The molecule has 0 aliphatic rings. The van der Waals surface area contributed by atoms with Crippen molar-refractivity contribution in [2.45, 2.75) is 39.8 Å². The van der Waals surface area contributed by atoms with Crippen LogP contribution in [0.25, 0.3) is 10.9 Å². The van der Waals surface area contributed by atoms with Crippen LogP contribution in [0.4, 0.5) is 0 Å². The molecule has 2 rings (SSSR count). The van der Waals surface area contributed by atoms with Crippen LogP contribution >= 0.6 is 0 Å². The van der Waals surface area contributed by atoms with Crippen molar-refractivity contribution in [2.24, 2.45) is 0 Å². The number of para-hydroxylation sites is 1. The van der Waals surface area contributed by atoms with Crippen molar-refractivity contribution in [3.8, 4) is 0 Å². The SMILES string of the molecule is CCCNCc1nn(CCC)c2ccccc12. The Morgan fingerprint density at radius 3 is 2.76 bits per heavy atom. The minimum Gasteiger partial charge on any atom is -0.311 e. The van der Waals surface area contributed by atoms with E-state index in [1.807, 2.05) is 0 Å². The molecule has 1 aromatic carbocycles. The van der Waals surface area contributed by atoms with Gasteiger partial charge in [0.1, 0.15) is 0 Å². The highest BCUT2D eigenvalue weighted by Crippen LogP contribution is 2.18. The molecule has 3 nitrogen and oxygen atoms in total. The second-order valence-corrected chi connectivity index (χ2v) is 4.36. The van der Waals surface area contributed by atoms with Gasteiger partial charge in [0.05, 0.1) is 11.2 Å². The van der Waals surface area contributed by atoms with E-state index >= 15 is 0 Å². The summed E-state index contributed by atoms with van der Waals surface area (Å²) in [5, 5.41) is 9.41. The zero-order valence-electron chi connectivity index (χ0n) is 10.7. The van der Waals surface area contributed by atoms with Crippen LogP contribution in [0.5, 0.6) is 0 Å². The lowest BCUT2D eigenvalue weighted by molar-refractivity contribution is 0.595. The van der Waals surface area contributed by atoms with Gasteiger partial charge in [0.15, 0.2) is 0 Å². The molecule has 0 aliphatic carbocycles. The molecule has 92 valence electrons. The molecule has 0 atom stereocenters. The molecule has 0 unspecified atom stereocenters. The van der Waals surface area contributed by atoms with Crippen LogP contribution in [-0.4, -0.2) is 16.3 Å². The fraction of sp³-hybridized carbons (Fsp3) is 0.500. The summed E-state index contributed by atoms with van der Waals surface area (Å²) in [7, 11) is 0. The summed E-state index contributed by atoms with van der Waals surface area (Å²) in [5.41, 5.74) is 2.42. The van der Waals surface area contributed by atoms with E-state index in [2.05, 4.69) is 48.1 Å². The highest BCUT2D eigenvalue weighted by atomic mass is 15.3. The maximum absolute atomic E-state index is 4.71. The number of benzene rings is 1. The van der Waals surface area contributed by atoms with Crippen LogP contribution in [0.1, 0.15) is 32.4 Å². The molecule has 3 heteroatoms. The van der Waals surface area contributed by atoms with E-state index in [1.54, 1.807) is 0 Å². The van der Waals surface area contributed by atoms with Crippen molar-refractivity contribution in [1.82, 2.24) is 15.1 Å². The van der Waals surface area contributed by atoms with Crippen LogP contribution < -0.4 is 5.32 Å². The number of hydrogen-bond acceptors (Lipinski definition) is 2. The first kappa shape index (κ1) is 12.1. The Morgan fingerprint density at radius 1 is 1.18 bits per heavy atom. The van der Waals surface area contributed by atoms with Crippen molar-refractivity contribution in [3.63, 3.8) is 0 Å². The fourth-order valence-corrected chi connectivity index (χ4v) is 2.09. The smallest absolute Gasteiger partial charge is 0.0841 e. The third-order valence-corrected chi connectivity index (χ3v) is 2.89. The predicted molar refractivity (Wildman–Crippen MR) is 72.0 cm³/mol. The Labute approximate surface area is 103 Å². The topological polar surface area (TPSA) is 29.9 Å². The zero-order valence-corrected chi connectivity index (χ0v) is 10.7. The average Bonchev–Trinajstić information content (AvgIpc) is 2.70. The Balaban J connectivity index is 2.28. The number of rotatable bonds is 6. The van der Waals surface area contributed by atoms with Gasteiger partial charge >= 0.3 is 0 Å². The van der Waals surface area contributed by atoms with Gasteiger partial charge in [-0.1, -0.05) is 32.0 Å². The normalized spacial score (nSPS) is 11.2. The van der Waals surface area contributed by atoms with E-state index in [4.69, 9.17) is 5.10 Å². The highest BCUT2D eigenvalue weighted by Gasteiger charge is 2.08. The Bertz CT molecular complexity index is 473. The molecular formula is C14H21N3. The molecule has 2 aromatic rings. The molecular weight excluding hydrogens is 210 g/mol. The highest BCUT2D eigenvalue weighted by molar-refractivity contribution is 5.81. The van der Waals surface area contributed by atoms with Crippen molar-refractivity contribution < 1.29 is 0 Å². The van der Waals surface area contributed by atoms with Gasteiger partial charge in [-0.05, 0) is 25.5 Å². The van der Waals surface area contributed by atoms with Gasteiger partial charge in [-0.2, -0.15) is 5.10 Å². The predicted octanol–water partition coefficient (Wildman–Crippen LogP) is 2.95. The molecule has 1 N–H and O–H groups in total. The van der Waals surface area contributed by atoms with Gasteiger partial charge in [0.2, 0.25) is 0 Å². The molecule has 0 radical (unpaired) electrons. The van der Waals surface area contributed by atoms with Crippen LogP contribution in [0.2, 0.25) is 0 Å². The molecule has 17 heavy (non-hydrogen) atoms. The van der Waals surface area contributed by atoms with Crippen molar-refractivity contribution in [2.75, 3.05) is 6.54 Å². The number of aryl methyl sites for hydroxylation is 1. The summed E-state index contributed by atoms with van der Waals surface area (Å²) >= 11 is 0. The summed E-state index contributed by atoms with van der Waals surface area (Å²) in [6, 6.07) is 8.49. The quantitative estimate of drug-likeness (QED) is 0.775. The van der Waals surface area contributed by atoms with Crippen LogP contribution in [0.15, 0.2) is 24.3 Å². The number of nitrogens with one attached hydrogen (secondary N) is 1. The molecule has 1 aromatic heterocycles. The van der Waals surface area contributed by atoms with Gasteiger partial charge < -0.3 is 5.32 Å². The van der Waals surface area contributed by atoms with E-state index in [0.717, 1.165) is 32.5 Å². The minimum atomic E-state index is 0.866. The lowest BCUT2D eigenvalue weighted by Crippen LogP contribution is -2.14. The maximum atomic E-state index is 4.71. The maximum Gasteiger partial charge on any atom is 0.0841 e. The van der Waals surface area contributed by atoms with E-state index < -0.39 is 0 Å². The number of aromatic nitrogens is 2. The number of fused-ring (bicyclic) bond motifs is 1. The molecule has 0 saturated heterocycles. The molecule has 0 amide bonds. The lowest BCUT2D eigenvalue weighted by Gasteiger charge is -2.00. The van der Waals surface area contributed by atoms with Crippen LogP contribution in [-0.2, 0) is 13.1 Å². The first-order valence-corrected chi connectivity index (χ1v) is 6.52. The van der Waals surface area contributed by atoms with E-state index in [1.165, 1.54) is 16.6 Å². The Morgan fingerprint density at radius 2 is 2.00 bits per heavy atom. The molecule has 1 heterocycles. The third kappa shape index (κ3) is 2.67. The standard InChI is InChI=1S/C14H21N3/c1-3-9-15-11-13-12-7-5-6-8-14(12)17(16-13)10-4-2/h5-8,15H,3-4,9-11H2,1-2H3. The van der Waals surface area contributed by atoms with E-state index in [9.17, 15) is 0 Å². The van der Waals surface area contributed by atoms with Gasteiger partial charge in [0.25, 0.3) is 0 Å². The summed E-state index contributed by atoms with van der Waals surface area (Å²) in [5.74, 6) is 0. The Hall–Kier alpha value is -1.35. The fourth-order valence-electron chi connectivity index (χ4n) is 2.09. The monoisotopic (exact) mass is 231 g/mol. The molecule has 0 aliphatic heterocycles. The summed E-state index contributed by atoms with van der Waals surface area (Å²) in [6.07, 6.45) is 2.28. The van der Waals surface area contributed by atoms with Crippen LogP contribution in [0, 0.1) is 0 Å². The van der Waals surface area contributed by atoms with E-state index in [0.29, 0.717) is 0 Å². The lowest BCUT2D eigenvalue weighted by atomic mass is 10.2. The zero-order chi connectivity index (χ0) is 12.1. The first-order chi connectivity index (χ1) is 8.36. The van der Waals surface area contributed by atoms with Gasteiger partial charge in [-0.15, -0.1) is 0 Å². The average molecular weight is 231 g/mol. The van der Waals surface area contributed by atoms with Gasteiger partial charge in [0, 0.05) is 18.5 Å². The van der Waals surface area contributed by atoms with Gasteiger partial charge in [-0.25, -0.2) is 0 Å². The Kier molecular flexibility index (Phi) is 4.15. The van der Waals surface area contributed by atoms with Crippen molar-refractivity contribution in [1.29, 1.82) is 0 Å². The summed E-state index contributed by atoms with van der Waals surface area (Å²) in [6.45, 7) is 7.28. The van der Waals surface area contributed by atoms with E-state index in [-0.39, 0.29) is 0 Å². The molecule has 0 bridgehead atoms. The summed E-state index contributed by atoms with van der Waals surface area (Å²) in [4.78, 5) is 0. The van der Waals surface area contributed by atoms with Crippen molar-refractivity contribution in [3.05, 3.63) is 30.0 Å². The van der Waals surface area contributed by atoms with Crippen molar-refractivity contribution >= 4 is 10.9 Å². The molecule has 0 saturated carbocycles. The third-order valence-electron chi connectivity index (χ3n) is 2.89. The second kappa shape index (κ2) is 5.82. The second-order valence-electron chi connectivity index (χ2n) is 4.36. The first-order valence-electron chi connectivity index (χ1n) is 6.52. The summed E-state index contributed by atoms with van der Waals surface area (Å²) < 4.78 is 2.12. The van der Waals surface area contributed by atoms with Gasteiger partial charge in [-0.3, -0.25) is 4.68 Å². The number of nitrogens with zero attached hydrogens (tertiary/aromatic N) is 2. The van der Waals surface area contributed by atoms with Crippen LogP contribution in [0.3, 0.4) is 0 Å². The molecule has 0 spiro atoms. The number of hydrogen-bond donors (Lipinski definition) is 1.